The van der Waals surface area contributed by atoms with Gasteiger partial charge in [0.2, 0.25) is 0 Å². The Kier molecular flexibility index (Phi) is 8.60. The Morgan fingerprint density at radius 1 is 1.27 bits per heavy atom. The van der Waals surface area contributed by atoms with Gasteiger partial charge in [0, 0.05) is 38.3 Å². The first kappa shape index (κ1) is 29.0. The van der Waals surface area contributed by atoms with E-state index >= 15 is 0 Å². The third kappa shape index (κ3) is 5.80. The Morgan fingerprint density at radius 3 is 2.83 bits per heavy atom. The molecule has 2 aliphatic heterocycles. The molecule has 3 atom stereocenters. The van der Waals surface area contributed by atoms with Gasteiger partial charge in [-0.25, -0.2) is 19.3 Å². The molecular weight excluding hydrogens is 540 g/mol. The second-order valence-electron chi connectivity index (χ2n) is 10.7. The molecule has 1 fully saturated rings. The van der Waals surface area contributed by atoms with Gasteiger partial charge in [-0.15, -0.1) is 0 Å². The van der Waals surface area contributed by atoms with Crippen LogP contribution >= 0.6 is 0 Å². The molecule has 2 aromatic carbocycles. The maximum absolute atomic E-state index is 13.9. The van der Waals surface area contributed by atoms with Crippen LogP contribution in [-0.4, -0.2) is 63.5 Å². The highest BCUT2D eigenvalue weighted by Crippen LogP contribution is 2.38. The molecule has 1 aromatic heterocycles. The first-order chi connectivity index (χ1) is 19.7. The molecule has 0 radical (unpaired) electrons. The molecule has 11 heteroatoms. The number of rotatable bonds is 8. The largest absolute Gasteiger partial charge is 0.481 e. The number of aliphatic carboxylic acids is 1. The van der Waals surface area contributed by atoms with Crippen molar-refractivity contribution in [3.63, 3.8) is 0 Å². The molecule has 5 rings (SSSR count). The number of morpholine rings is 1. The van der Waals surface area contributed by atoms with Gasteiger partial charge in [0.15, 0.2) is 0 Å². The number of pyridine rings is 1. The van der Waals surface area contributed by atoms with Crippen molar-refractivity contribution >= 4 is 34.1 Å². The van der Waals surface area contributed by atoms with Gasteiger partial charge in [-0.2, -0.15) is 0 Å². The van der Waals surface area contributed by atoms with Crippen molar-refractivity contribution in [3.05, 3.63) is 76.5 Å². The number of nitrogen functional groups attached to an aromatic ring is 1. The topological polar surface area (TPSA) is 138 Å². The van der Waals surface area contributed by atoms with Crippen LogP contribution in [0.1, 0.15) is 47.1 Å². The number of hydrazine groups is 1. The number of carboxylic acids is 1. The number of aromatic nitrogens is 1. The van der Waals surface area contributed by atoms with E-state index in [1.54, 1.807) is 11.2 Å². The predicted molar refractivity (Wildman–Crippen MR) is 161 cm³/mol. The average molecular weight is 579 g/mol. The molecule has 1 saturated heterocycles. The third-order valence-electron chi connectivity index (χ3n) is 8.15. The summed E-state index contributed by atoms with van der Waals surface area (Å²) in [6.07, 6.45) is 1.65. The van der Waals surface area contributed by atoms with Crippen LogP contribution in [0.3, 0.4) is 0 Å². The zero-order valence-corrected chi connectivity index (χ0v) is 24.6. The fraction of sp³-hybridized carbons (Fsp3) is 0.400. The maximum atomic E-state index is 13.9. The second kappa shape index (κ2) is 12.2. The molecule has 0 spiro atoms. The summed E-state index contributed by atoms with van der Waals surface area (Å²) in [6.45, 7) is 9.30. The van der Waals surface area contributed by atoms with E-state index in [4.69, 9.17) is 16.3 Å². The van der Waals surface area contributed by atoms with E-state index in [0.29, 0.717) is 55.7 Å². The zero-order chi connectivity index (χ0) is 29.3. The van der Waals surface area contributed by atoms with Gasteiger partial charge in [0.1, 0.15) is 16.8 Å². The quantitative estimate of drug-likeness (QED) is 0.209. The van der Waals surface area contributed by atoms with Crippen LogP contribution in [0.4, 0.5) is 17.2 Å². The molecule has 3 unspecified atom stereocenters. The smallest absolute Gasteiger partial charge is 0.304 e. The number of carboxylic acid groups (broad SMARTS) is 1. The number of hydrogen-bond donors (Lipinski definition) is 3. The number of nitrogens with two attached hydrogens (primary N) is 2. The minimum atomic E-state index is -1.43. The average Bonchev–Trinajstić information content (AvgIpc) is 3.08. The molecule has 3 aromatic rings. The van der Waals surface area contributed by atoms with E-state index in [-0.39, 0.29) is 12.5 Å². The lowest BCUT2D eigenvalue weighted by Crippen LogP contribution is -2.50. The Labute approximate surface area is 243 Å². The maximum Gasteiger partial charge on any atom is 0.304 e. The summed E-state index contributed by atoms with van der Waals surface area (Å²) in [5.41, 5.74) is 12.3. The molecule has 0 aliphatic carbocycles. The van der Waals surface area contributed by atoms with Gasteiger partial charge in [-0.3, -0.25) is 4.79 Å². The fourth-order valence-corrected chi connectivity index (χ4v) is 7.13. The van der Waals surface area contributed by atoms with Crippen LogP contribution in [0.15, 0.2) is 53.6 Å². The fourth-order valence-electron chi connectivity index (χ4n) is 5.76. The van der Waals surface area contributed by atoms with Crippen molar-refractivity contribution in [3.8, 4) is 0 Å². The zero-order valence-electron chi connectivity index (χ0n) is 23.7. The van der Waals surface area contributed by atoms with Crippen molar-refractivity contribution < 1.29 is 18.8 Å². The van der Waals surface area contributed by atoms with E-state index in [0.717, 1.165) is 33.6 Å². The Balaban J connectivity index is 1.51. The molecule has 0 saturated carbocycles. The van der Waals surface area contributed by atoms with Crippen LogP contribution < -0.4 is 21.5 Å². The second-order valence-corrected chi connectivity index (χ2v) is 12.1. The van der Waals surface area contributed by atoms with Gasteiger partial charge in [0.05, 0.1) is 41.9 Å². The summed E-state index contributed by atoms with van der Waals surface area (Å²) in [4.78, 5) is 19.5. The highest BCUT2D eigenvalue weighted by molar-refractivity contribution is 7.82. The summed E-state index contributed by atoms with van der Waals surface area (Å²) in [5, 5.41) is 11.5. The van der Waals surface area contributed by atoms with Crippen LogP contribution in [0, 0.1) is 13.8 Å². The summed E-state index contributed by atoms with van der Waals surface area (Å²) in [6, 6.07) is 13.6. The van der Waals surface area contributed by atoms with Crippen molar-refractivity contribution in [2.24, 2.45) is 5.84 Å². The molecule has 2 aliphatic rings. The first-order valence-corrected chi connectivity index (χ1v) is 15.0. The Hall–Kier alpha value is -3.51. The Morgan fingerprint density at radius 2 is 2.07 bits per heavy atom. The number of fused-ring (bicyclic) bond motifs is 3. The number of carbonyl (C=O) groups is 1. The third-order valence-corrected chi connectivity index (χ3v) is 9.59. The van der Waals surface area contributed by atoms with Gasteiger partial charge < -0.3 is 25.5 Å². The van der Waals surface area contributed by atoms with Crippen LogP contribution in [0.25, 0.3) is 0 Å². The first-order valence-electron chi connectivity index (χ1n) is 13.9. The normalized spacial score (nSPS) is 19.7. The number of benzene rings is 2. The van der Waals surface area contributed by atoms with E-state index in [1.807, 2.05) is 61.5 Å². The van der Waals surface area contributed by atoms with E-state index in [9.17, 15) is 14.1 Å². The van der Waals surface area contributed by atoms with Gasteiger partial charge in [-0.05, 0) is 66.8 Å². The molecule has 10 nitrogen and oxygen atoms in total. The summed E-state index contributed by atoms with van der Waals surface area (Å²) in [7, 11) is -1.43. The van der Waals surface area contributed by atoms with Gasteiger partial charge in [0.25, 0.3) is 0 Å². The van der Waals surface area contributed by atoms with Gasteiger partial charge >= 0.3 is 5.97 Å². The molecule has 218 valence electrons. The molecule has 0 amide bonds. The molecule has 0 bridgehead atoms. The lowest BCUT2D eigenvalue weighted by molar-refractivity contribution is -0.137. The number of anilines is 3. The number of nitrogens with zero attached hydrogens (tertiary/aromatic N) is 4. The van der Waals surface area contributed by atoms with Gasteiger partial charge in [-0.1, -0.05) is 24.3 Å². The van der Waals surface area contributed by atoms with E-state index in [1.165, 1.54) is 0 Å². The van der Waals surface area contributed by atoms with Crippen LogP contribution in [0.2, 0.25) is 0 Å². The molecule has 41 heavy (non-hydrogen) atoms. The number of ether oxygens (including phenoxy) is 1. The standard InChI is InChI=1S/C30H38N6O4S/c1-4-36(32)26-10-9-24(20(3)29(26)31)25(15-28(37)38)21-8-7-19(2)22(14-21)16-34-17-23-18-40-13-12-35(23)30-27(41(34)39)6-5-11-33-30/h5-11,14,23,25H,4,12-13,15-18,31-32H2,1-3H3,(H,37,38). The highest BCUT2D eigenvalue weighted by Gasteiger charge is 2.35. The van der Waals surface area contributed by atoms with Crippen LogP contribution in [-0.2, 0) is 27.1 Å². The Bertz CT molecular complexity index is 1470. The minimum Gasteiger partial charge on any atom is -0.481 e. The minimum absolute atomic E-state index is 0.0291. The van der Waals surface area contributed by atoms with Crippen molar-refractivity contribution in [2.45, 2.75) is 50.6 Å². The van der Waals surface area contributed by atoms with Crippen molar-refractivity contribution in [1.29, 1.82) is 0 Å². The molecular formula is C30H38N6O4S. The molecule has 5 N–H and O–H groups in total. The van der Waals surface area contributed by atoms with Crippen molar-refractivity contribution in [1.82, 2.24) is 9.29 Å². The molecule has 3 heterocycles. The lowest BCUT2D eigenvalue weighted by atomic mass is 9.84. The number of hydrogen-bond acceptors (Lipinski definition) is 8. The predicted octanol–water partition coefficient (Wildman–Crippen LogP) is 3.33. The lowest BCUT2D eigenvalue weighted by Gasteiger charge is -2.36. The highest BCUT2D eigenvalue weighted by atomic mass is 32.2. The summed E-state index contributed by atoms with van der Waals surface area (Å²) >= 11 is 0. The monoisotopic (exact) mass is 578 g/mol. The summed E-state index contributed by atoms with van der Waals surface area (Å²) < 4.78 is 21.7. The summed E-state index contributed by atoms with van der Waals surface area (Å²) in [5.74, 6) is 5.55. The van der Waals surface area contributed by atoms with Crippen molar-refractivity contribution in [2.75, 3.05) is 48.5 Å². The van der Waals surface area contributed by atoms with E-state index < -0.39 is 22.9 Å². The number of aryl methyl sites for hydroxylation is 1. The van der Waals surface area contributed by atoms with E-state index in [2.05, 4.69) is 16.0 Å². The van der Waals surface area contributed by atoms with Crippen LogP contribution in [0.5, 0.6) is 0 Å². The SMILES string of the molecule is CCN(N)c1ccc(C(CC(=O)O)c2ccc(C)c(CN3CC4COCCN4c4ncccc4S3=O)c2)c(C)c1N.